The Morgan fingerprint density at radius 2 is 1.94 bits per heavy atom. The lowest BCUT2D eigenvalue weighted by Gasteiger charge is -2.12. The third-order valence-electron chi connectivity index (χ3n) is 4.71. The Balaban J connectivity index is 1.47. The van der Waals surface area contributed by atoms with Crippen LogP contribution in [0.1, 0.15) is 11.5 Å². The molecule has 0 aliphatic rings. The van der Waals surface area contributed by atoms with E-state index in [1.807, 2.05) is 18.2 Å². The second kappa shape index (κ2) is 10.3. The number of nitrogens with one attached hydrogen (secondary N) is 1. The molecule has 0 aliphatic carbocycles. The number of nitrogens with zero attached hydrogens (tertiary/aromatic N) is 2. The summed E-state index contributed by atoms with van der Waals surface area (Å²) in [5.74, 6) is 0.601. The predicted octanol–water partition coefficient (Wildman–Crippen LogP) is 6.22. The van der Waals surface area contributed by atoms with E-state index in [2.05, 4.69) is 16.4 Å². The van der Waals surface area contributed by atoms with Gasteiger partial charge < -0.3 is 19.2 Å². The second-order valence-corrected chi connectivity index (χ2v) is 7.85. The van der Waals surface area contributed by atoms with Crippen molar-refractivity contribution in [1.29, 1.82) is 5.26 Å². The van der Waals surface area contributed by atoms with Crippen molar-refractivity contribution >= 4 is 57.5 Å². The van der Waals surface area contributed by atoms with Crippen LogP contribution < -0.4 is 14.8 Å². The topological polar surface area (TPSA) is 97.4 Å². The summed E-state index contributed by atoms with van der Waals surface area (Å²) in [5, 5.41) is 13.0. The maximum atomic E-state index is 12.2. The smallest absolute Gasteiger partial charge is 0.262 e. The van der Waals surface area contributed by atoms with Gasteiger partial charge in [-0.05, 0) is 54.1 Å². The van der Waals surface area contributed by atoms with E-state index in [0.717, 1.165) is 0 Å². The molecule has 4 rings (SSSR count). The second-order valence-electron chi connectivity index (χ2n) is 7.03. The molecule has 7 nitrogen and oxygen atoms in total. The zero-order valence-corrected chi connectivity index (χ0v) is 19.4. The van der Waals surface area contributed by atoms with E-state index in [1.165, 1.54) is 7.11 Å². The first-order chi connectivity index (χ1) is 16.5. The number of fused-ring (bicyclic) bond motifs is 1. The normalized spacial score (nSPS) is 11.2. The van der Waals surface area contributed by atoms with E-state index >= 15 is 0 Å². The maximum absolute atomic E-state index is 12.2. The molecule has 0 aliphatic heterocycles. The molecule has 9 heteroatoms. The largest absolute Gasteiger partial charge is 0.493 e. The number of anilines is 1. The summed E-state index contributed by atoms with van der Waals surface area (Å²) < 4.78 is 16.7. The van der Waals surface area contributed by atoms with Crippen LogP contribution in [0.15, 0.2) is 65.1 Å². The van der Waals surface area contributed by atoms with Crippen molar-refractivity contribution in [1.82, 2.24) is 4.98 Å². The predicted molar refractivity (Wildman–Crippen MR) is 131 cm³/mol. The number of nitriles is 1. The average Bonchev–Trinajstić information content (AvgIpc) is 3.28. The molecule has 170 valence electrons. The number of para-hydroxylation sites is 2. The number of aromatic nitrogens is 1. The first-order valence-electron chi connectivity index (χ1n) is 10.0. The monoisotopic (exact) mass is 493 g/mol. The third-order valence-corrected chi connectivity index (χ3v) is 5.44. The lowest BCUT2D eigenvalue weighted by molar-refractivity contribution is -0.118. The Morgan fingerprint density at radius 1 is 1.12 bits per heavy atom. The van der Waals surface area contributed by atoms with Crippen LogP contribution >= 0.6 is 23.2 Å². The van der Waals surface area contributed by atoms with Gasteiger partial charge in [0, 0.05) is 5.69 Å². The minimum Gasteiger partial charge on any atom is -0.493 e. The Hall–Kier alpha value is -3.99. The molecule has 1 N–H and O–H groups in total. The van der Waals surface area contributed by atoms with E-state index in [0.29, 0.717) is 43.9 Å². The number of benzene rings is 3. The van der Waals surface area contributed by atoms with Gasteiger partial charge in [-0.1, -0.05) is 41.4 Å². The molecule has 0 saturated heterocycles. The fourth-order valence-electron chi connectivity index (χ4n) is 3.10. The van der Waals surface area contributed by atoms with Crippen LogP contribution in [0.3, 0.4) is 0 Å². The van der Waals surface area contributed by atoms with Gasteiger partial charge in [0.2, 0.25) is 5.89 Å². The van der Waals surface area contributed by atoms with Gasteiger partial charge in [0.15, 0.2) is 23.7 Å². The van der Waals surface area contributed by atoms with Gasteiger partial charge in [-0.15, -0.1) is 0 Å². The lowest BCUT2D eigenvalue weighted by Crippen LogP contribution is -2.20. The number of hydrogen-bond acceptors (Lipinski definition) is 6. The molecular weight excluding hydrogens is 477 g/mol. The number of ether oxygens (including phenoxy) is 2. The van der Waals surface area contributed by atoms with Gasteiger partial charge in [0.25, 0.3) is 5.91 Å². The van der Waals surface area contributed by atoms with Crippen LogP contribution in [0.4, 0.5) is 5.69 Å². The van der Waals surface area contributed by atoms with Gasteiger partial charge in [0.1, 0.15) is 17.2 Å². The SMILES string of the molecule is COc1cc(/C=C(\C#N)c2nc3ccccc3o2)ccc1OCC(=O)Nc1ccc(Cl)c(Cl)c1. The quantitative estimate of drug-likeness (QED) is 0.306. The summed E-state index contributed by atoms with van der Waals surface area (Å²) in [6.45, 7) is -0.252. The molecule has 0 fully saturated rings. The molecular formula is C25H17Cl2N3O4. The zero-order valence-electron chi connectivity index (χ0n) is 17.8. The summed E-state index contributed by atoms with van der Waals surface area (Å²) in [4.78, 5) is 16.6. The van der Waals surface area contributed by atoms with Gasteiger partial charge in [0.05, 0.1) is 17.2 Å². The summed E-state index contributed by atoms with van der Waals surface area (Å²) in [6, 6.07) is 19.2. The molecule has 0 spiro atoms. The summed E-state index contributed by atoms with van der Waals surface area (Å²) >= 11 is 11.8. The number of carbonyl (C=O) groups is 1. The number of hydrogen-bond donors (Lipinski definition) is 1. The van der Waals surface area contributed by atoms with Gasteiger partial charge in [-0.25, -0.2) is 4.98 Å². The van der Waals surface area contributed by atoms with Crippen molar-refractivity contribution in [3.05, 3.63) is 82.2 Å². The number of methoxy groups -OCH3 is 1. The Kier molecular flexibility index (Phi) is 7.02. The molecule has 1 aromatic heterocycles. The fraction of sp³-hybridized carbons (Fsp3) is 0.0800. The fourth-order valence-corrected chi connectivity index (χ4v) is 3.40. The Morgan fingerprint density at radius 3 is 2.68 bits per heavy atom. The molecule has 0 unspecified atom stereocenters. The lowest BCUT2D eigenvalue weighted by atomic mass is 10.1. The highest BCUT2D eigenvalue weighted by molar-refractivity contribution is 6.42. The third kappa shape index (κ3) is 5.31. The molecule has 0 atom stereocenters. The van der Waals surface area contributed by atoms with E-state index in [4.69, 9.17) is 37.1 Å². The molecule has 0 radical (unpaired) electrons. The maximum Gasteiger partial charge on any atom is 0.262 e. The van der Waals surface area contributed by atoms with Crippen molar-refractivity contribution in [2.45, 2.75) is 0 Å². The van der Waals surface area contributed by atoms with E-state index in [1.54, 1.807) is 48.5 Å². The van der Waals surface area contributed by atoms with Crippen LogP contribution in [-0.2, 0) is 4.79 Å². The molecule has 0 bridgehead atoms. The molecule has 0 saturated carbocycles. The van der Waals surface area contributed by atoms with E-state index in [-0.39, 0.29) is 24.0 Å². The molecule has 1 heterocycles. The highest BCUT2D eigenvalue weighted by Crippen LogP contribution is 2.30. The number of oxazole rings is 1. The van der Waals surface area contributed by atoms with Crippen LogP contribution in [0.5, 0.6) is 11.5 Å². The van der Waals surface area contributed by atoms with E-state index < -0.39 is 0 Å². The number of rotatable bonds is 7. The minimum absolute atomic E-state index is 0.224. The Bertz CT molecular complexity index is 1410. The van der Waals surface area contributed by atoms with Crippen LogP contribution in [0, 0.1) is 11.3 Å². The van der Waals surface area contributed by atoms with Gasteiger partial charge in [-0.2, -0.15) is 5.26 Å². The van der Waals surface area contributed by atoms with Gasteiger partial charge >= 0.3 is 0 Å². The number of allylic oxidation sites excluding steroid dienone is 1. The molecule has 4 aromatic rings. The highest BCUT2D eigenvalue weighted by atomic mass is 35.5. The van der Waals surface area contributed by atoms with Crippen LogP contribution in [-0.4, -0.2) is 24.6 Å². The molecule has 3 aromatic carbocycles. The minimum atomic E-state index is -0.382. The van der Waals surface area contributed by atoms with Crippen molar-refractivity contribution in [3.8, 4) is 17.6 Å². The summed E-state index contributed by atoms with van der Waals surface area (Å²) in [5.41, 5.74) is 2.69. The zero-order chi connectivity index (χ0) is 24.1. The number of carbonyl (C=O) groups excluding carboxylic acids is 1. The summed E-state index contributed by atoms with van der Waals surface area (Å²) in [7, 11) is 1.48. The van der Waals surface area contributed by atoms with Crippen molar-refractivity contribution < 1.29 is 18.7 Å². The first kappa shape index (κ1) is 23.2. The average molecular weight is 494 g/mol. The molecule has 1 amide bonds. The summed E-state index contributed by atoms with van der Waals surface area (Å²) in [6.07, 6.45) is 1.63. The van der Waals surface area contributed by atoms with E-state index in [9.17, 15) is 10.1 Å². The van der Waals surface area contributed by atoms with Crippen LogP contribution in [0.2, 0.25) is 10.0 Å². The Labute approximate surface area is 205 Å². The standard InChI is InChI=1S/C25H17Cl2N3O4/c1-32-23-11-15(10-16(13-28)25-30-20-4-2-3-5-21(20)34-25)6-9-22(23)33-14-24(31)29-17-7-8-18(26)19(27)12-17/h2-12H,14H2,1H3,(H,29,31)/b16-10+. The number of amides is 1. The number of halogens is 2. The van der Waals surface area contributed by atoms with Gasteiger partial charge in [-0.3, -0.25) is 4.79 Å². The highest BCUT2D eigenvalue weighted by Gasteiger charge is 2.13. The van der Waals surface area contributed by atoms with Crippen LogP contribution in [0.25, 0.3) is 22.7 Å². The molecule has 34 heavy (non-hydrogen) atoms. The van der Waals surface area contributed by atoms with Crippen molar-refractivity contribution in [3.63, 3.8) is 0 Å². The van der Waals surface area contributed by atoms with Crippen molar-refractivity contribution in [2.75, 3.05) is 19.0 Å². The first-order valence-corrected chi connectivity index (χ1v) is 10.8. The van der Waals surface area contributed by atoms with Crippen molar-refractivity contribution in [2.24, 2.45) is 0 Å².